The van der Waals surface area contributed by atoms with Gasteiger partial charge < -0.3 is 19.5 Å². The molecule has 1 saturated heterocycles. The number of anilines is 1. The Bertz CT molecular complexity index is 804. The van der Waals surface area contributed by atoms with Gasteiger partial charge in [0.15, 0.2) is 5.15 Å². The summed E-state index contributed by atoms with van der Waals surface area (Å²) in [6, 6.07) is 1.82. The van der Waals surface area contributed by atoms with Crippen LogP contribution in [-0.4, -0.2) is 46.8 Å². The quantitative estimate of drug-likeness (QED) is 0.831. The molecule has 2 aliphatic heterocycles. The average Bonchev–Trinajstić information content (AvgIpc) is 3.12. The molecule has 2 aromatic rings. The molecule has 2 aliphatic rings. The van der Waals surface area contributed by atoms with Crippen LogP contribution in [0.3, 0.4) is 0 Å². The van der Waals surface area contributed by atoms with Gasteiger partial charge in [0.2, 0.25) is 11.9 Å². The molecule has 1 fully saturated rings. The van der Waals surface area contributed by atoms with Crippen molar-refractivity contribution in [2.75, 3.05) is 24.6 Å². The fourth-order valence-electron chi connectivity index (χ4n) is 3.44. The van der Waals surface area contributed by atoms with Gasteiger partial charge in [-0.05, 0) is 12.8 Å². The maximum atomic E-state index is 12.1. The van der Waals surface area contributed by atoms with Crippen LogP contribution in [0.2, 0.25) is 5.15 Å². The number of halogens is 1. The van der Waals surface area contributed by atoms with Crippen LogP contribution in [0.15, 0.2) is 16.8 Å². The van der Waals surface area contributed by atoms with E-state index in [0.29, 0.717) is 30.4 Å². The Kier molecular flexibility index (Phi) is 5.54. The van der Waals surface area contributed by atoms with Crippen molar-refractivity contribution in [2.24, 2.45) is 0 Å². The van der Waals surface area contributed by atoms with Gasteiger partial charge in [0.05, 0.1) is 18.9 Å². The predicted molar refractivity (Wildman–Crippen MR) is 98.6 cm³/mol. The Hall–Kier alpha value is -2.19. The predicted octanol–water partition coefficient (Wildman–Crippen LogP) is 1.91. The van der Waals surface area contributed by atoms with Gasteiger partial charge in [0.25, 0.3) is 0 Å². The first kappa shape index (κ1) is 18.2. The molecule has 0 radical (unpaired) electrons. The van der Waals surface area contributed by atoms with E-state index >= 15 is 0 Å². The topological polar surface area (TPSA) is 93.4 Å². The normalized spacial score (nSPS) is 17.6. The Labute approximate surface area is 162 Å². The first-order chi connectivity index (χ1) is 13.2. The van der Waals surface area contributed by atoms with E-state index < -0.39 is 0 Å². The molecule has 9 heteroatoms. The number of aryl methyl sites for hydroxylation is 1. The van der Waals surface area contributed by atoms with E-state index in [2.05, 4.69) is 20.4 Å². The van der Waals surface area contributed by atoms with E-state index in [0.717, 1.165) is 56.2 Å². The number of aromatic nitrogens is 3. The highest BCUT2D eigenvalue weighted by Gasteiger charge is 2.23. The van der Waals surface area contributed by atoms with Gasteiger partial charge in [-0.2, -0.15) is 0 Å². The summed E-state index contributed by atoms with van der Waals surface area (Å²) in [6.07, 6.45) is 5.33. The zero-order valence-corrected chi connectivity index (χ0v) is 15.7. The summed E-state index contributed by atoms with van der Waals surface area (Å²) >= 11 is 5.71. The molecule has 0 unspecified atom stereocenters. The number of nitrogens with one attached hydrogen (secondary N) is 1. The second-order valence-corrected chi connectivity index (χ2v) is 7.28. The van der Waals surface area contributed by atoms with Crippen LogP contribution in [0.1, 0.15) is 36.3 Å². The van der Waals surface area contributed by atoms with E-state index in [1.54, 1.807) is 6.07 Å². The minimum atomic E-state index is 0.0194. The van der Waals surface area contributed by atoms with E-state index in [4.69, 9.17) is 25.8 Å². The van der Waals surface area contributed by atoms with Gasteiger partial charge in [-0.1, -0.05) is 16.8 Å². The molecule has 1 N–H and O–H groups in total. The third kappa shape index (κ3) is 4.56. The number of ether oxygens (including phenoxy) is 1. The van der Waals surface area contributed by atoms with Crippen LogP contribution in [-0.2, 0) is 29.0 Å². The SMILES string of the molecule is O=C(CCc1cc(Cl)no1)NC1CCN(c2ncc3c(n2)CCOC3)CC1. The van der Waals surface area contributed by atoms with Crippen molar-refractivity contribution in [2.45, 2.75) is 44.8 Å². The smallest absolute Gasteiger partial charge is 0.225 e. The summed E-state index contributed by atoms with van der Waals surface area (Å²) in [6.45, 7) is 2.98. The third-order valence-corrected chi connectivity index (χ3v) is 5.13. The number of amides is 1. The second kappa shape index (κ2) is 8.22. The molecular weight excluding hydrogens is 370 g/mol. The second-order valence-electron chi connectivity index (χ2n) is 6.89. The van der Waals surface area contributed by atoms with Crippen molar-refractivity contribution in [3.63, 3.8) is 0 Å². The number of piperidine rings is 1. The van der Waals surface area contributed by atoms with E-state index in [9.17, 15) is 4.79 Å². The molecule has 0 atom stereocenters. The van der Waals surface area contributed by atoms with Gasteiger partial charge in [0, 0.05) is 56.2 Å². The Morgan fingerprint density at radius 2 is 2.22 bits per heavy atom. The molecule has 0 bridgehead atoms. The third-order valence-electron chi connectivity index (χ3n) is 4.95. The molecule has 4 rings (SSSR count). The number of hydrogen-bond donors (Lipinski definition) is 1. The first-order valence-corrected chi connectivity index (χ1v) is 9.63. The van der Waals surface area contributed by atoms with Gasteiger partial charge >= 0.3 is 0 Å². The van der Waals surface area contributed by atoms with Crippen LogP contribution >= 0.6 is 11.6 Å². The lowest BCUT2D eigenvalue weighted by Crippen LogP contribution is -2.45. The molecule has 8 nitrogen and oxygen atoms in total. The lowest BCUT2D eigenvalue weighted by molar-refractivity contribution is -0.121. The van der Waals surface area contributed by atoms with Crippen molar-refractivity contribution in [1.29, 1.82) is 0 Å². The molecule has 144 valence electrons. The van der Waals surface area contributed by atoms with Crippen molar-refractivity contribution < 1.29 is 14.1 Å². The number of nitrogens with zero attached hydrogens (tertiary/aromatic N) is 4. The van der Waals surface area contributed by atoms with Gasteiger partial charge in [-0.3, -0.25) is 4.79 Å². The highest BCUT2D eigenvalue weighted by Crippen LogP contribution is 2.20. The first-order valence-electron chi connectivity index (χ1n) is 9.25. The molecular formula is C18H22ClN5O3. The Balaban J connectivity index is 1.24. The lowest BCUT2D eigenvalue weighted by Gasteiger charge is -2.32. The van der Waals surface area contributed by atoms with Crippen molar-refractivity contribution >= 4 is 23.5 Å². The molecule has 0 saturated carbocycles. The summed E-state index contributed by atoms with van der Waals surface area (Å²) in [4.78, 5) is 23.5. The van der Waals surface area contributed by atoms with Crippen LogP contribution < -0.4 is 10.2 Å². The van der Waals surface area contributed by atoms with Crippen LogP contribution in [0.25, 0.3) is 0 Å². The summed E-state index contributed by atoms with van der Waals surface area (Å²) in [7, 11) is 0. The summed E-state index contributed by atoms with van der Waals surface area (Å²) in [5, 5.41) is 7.02. The Morgan fingerprint density at radius 3 is 3.00 bits per heavy atom. The van der Waals surface area contributed by atoms with Gasteiger partial charge in [-0.25, -0.2) is 9.97 Å². The summed E-state index contributed by atoms with van der Waals surface area (Å²) in [5.74, 6) is 1.42. The maximum absolute atomic E-state index is 12.1. The van der Waals surface area contributed by atoms with E-state index in [-0.39, 0.29) is 11.9 Å². The van der Waals surface area contributed by atoms with Crippen molar-refractivity contribution in [3.05, 3.63) is 34.4 Å². The molecule has 4 heterocycles. The zero-order valence-electron chi connectivity index (χ0n) is 15.0. The largest absolute Gasteiger partial charge is 0.376 e. The van der Waals surface area contributed by atoms with Gasteiger partial charge in [0.1, 0.15) is 5.76 Å². The number of carbonyl (C=O) groups is 1. The van der Waals surface area contributed by atoms with Crippen LogP contribution in [0.4, 0.5) is 5.95 Å². The number of carbonyl (C=O) groups excluding carboxylic acids is 1. The fraction of sp³-hybridized carbons (Fsp3) is 0.556. The Morgan fingerprint density at radius 1 is 1.37 bits per heavy atom. The lowest BCUT2D eigenvalue weighted by atomic mass is 10.0. The number of rotatable bonds is 5. The molecule has 2 aromatic heterocycles. The van der Waals surface area contributed by atoms with E-state index in [1.165, 1.54) is 0 Å². The monoisotopic (exact) mass is 391 g/mol. The molecule has 27 heavy (non-hydrogen) atoms. The minimum absolute atomic E-state index is 0.0194. The van der Waals surface area contributed by atoms with Crippen LogP contribution in [0, 0.1) is 0 Å². The zero-order chi connectivity index (χ0) is 18.6. The van der Waals surface area contributed by atoms with Gasteiger partial charge in [-0.15, -0.1) is 0 Å². The fourth-order valence-corrected chi connectivity index (χ4v) is 3.59. The average molecular weight is 392 g/mol. The summed E-state index contributed by atoms with van der Waals surface area (Å²) in [5.41, 5.74) is 2.18. The molecule has 1 amide bonds. The maximum Gasteiger partial charge on any atom is 0.225 e. The molecule has 0 aromatic carbocycles. The minimum Gasteiger partial charge on any atom is -0.376 e. The summed E-state index contributed by atoms with van der Waals surface area (Å²) < 4.78 is 10.4. The number of fused-ring (bicyclic) bond motifs is 1. The highest BCUT2D eigenvalue weighted by molar-refractivity contribution is 6.29. The standard InChI is InChI=1S/C18H22ClN5O3/c19-16-9-14(27-23-16)1-2-17(25)21-13-3-6-24(7-4-13)18-20-10-12-11-26-8-5-15(12)22-18/h9-10,13H,1-8,11H2,(H,21,25). The highest BCUT2D eigenvalue weighted by atomic mass is 35.5. The van der Waals surface area contributed by atoms with Crippen molar-refractivity contribution in [1.82, 2.24) is 20.4 Å². The van der Waals surface area contributed by atoms with Crippen molar-refractivity contribution in [3.8, 4) is 0 Å². The van der Waals surface area contributed by atoms with Crippen LogP contribution in [0.5, 0.6) is 0 Å². The number of hydrogen-bond acceptors (Lipinski definition) is 7. The van der Waals surface area contributed by atoms with E-state index in [1.807, 2.05) is 6.20 Å². The molecule has 0 spiro atoms. The molecule has 0 aliphatic carbocycles.